The summed E-state index contributed by atoms with van der Waals surface area (Å²) in [6, 6.07) is 9.56. The van der Waals surface area contributed by atoms with Crippen molar-refractivity contribution >= 4 is 16.9 Å². The number of benzene rings is 1. The lowest BCUT2D eigenvalue weighted by Crippen LogP contribution is -1.98. The fraction of sp³-hybridized carbons (Fsp3) is 0. The Balaban J connectivity index is 2.83. The molecule has 3 heteroatoms. The van der Waals surface area contributed by atoms with Crippen LogP contribution in [0.15, 0.2) is 30.5 Å². The summed E-state index contributed by atoms with van der Waals surface area (Å²) in [5.41, 5.74) is 0.736. The van der Waals surface area contributed by atoms with E-state index in [4.69, 9.17) is 5.11 Å². The van der Waals surface area contributed by atoms with E-state index >= 15 is 0 Å². The molecule has 0 bridgehead atoms. The molecular weight excluding hydrogens is 166 g/mol. The summed E-state index contributed by atoms with van der Waals surface area (Å²) in [6.07, 6.45) is 1.47. The highest BCUT2D eigenvalue weighted by atomic mass is 16.4. The van der Waals surface area contributed by atoms with E-state index in [0.29, 0.717) is 5.52 Å². The molecule has 0 spiro atoms. The van der Waals surface area contributed by atoms with Crippen molar-refractivity contribution in [3.8, 4) is 0 Å². The highest BCUT2D eigenvalue weighted by molar-refractivity contribution is 6.01. The number of nitrogens with zero attached hydrogens (tertiary/aromatic N) is 1. The Morgan fingerprint density at radius 1 is 1.46 bits per heavy atom. The highest BCUT2D eigenvalue weighted by Gasteiger charge is 2.07. The second-order valence-corrected chi connectivity index (χ2v) is 2.62. The number of hydrogen-bond donors (Lipinski definition) is 1. The van der Waals surface area contributed by atoms with Gasteiger partial charge in [-0.15, -0.1) is 0 Å². The van der Waals surface area contributed by atoms with Crippen LogP contribution in [-0.2, 0) is 0 Å². The number of para-hydroxylation sites is 1. The molecule has 0 atom stereocenters. The van der Waals surface area contributed by atoms with Gasteiger partial charge in [-0.2, -0.15) is 0 Å². The average Bonchev–Trinajstić information content (AvgIpc) is 2.17. The Labute approximate surface area is 74.7 Å². The van der Waals surface area contributed by atoms with Crippen molar-refractivity contribution in [1.82, 2.24) is 4.98 Å². The first-order valence-electron chi connectivity index (χ1n) is 3.77. The molecule has 13 heavy (non-hydrogen) atoms. The molecule has 0 unspecified atom stereocenters. The molecule has 1 aromatic carbocycles. The van der Waals surface area contributed by atoms with Crippen molar-refractivity contribution in [2.45, 2.75) is 0 Å². The largest absolute Gasteiger partial charge is 0.478 e. The third-order valence-corrected chi connectivity index (χ3v) is 1.80. The SMILES string of the molecule is O=C(O)c1cccc2c[c]cnc12. The predicted molar refractivity (Wildman–Crippen MR) is 47.5 cm³/mol. The molecule has 2 aromatic rings. The van der Waals surface area contributed by atoms with Gasteiger partial charge in [0.05, 0.1) is 11.1 Å². The van der Waals surface area contributed by atoms with Crippen molar-refractivity contribution in [3.05, 3.63) is 42.1 Å². The lowest BCUT2D eigenvalue weighted by Gasteiger charge is -1.99. The minimum atomic E-state index is -0.954. The van der Waals surface area contributed by atoms with Crippen molar-refractivity contribution < 1.29 is 9.90 Å². The molecule has 0 aliphatic heterocycles. The van der Waals surface area contributed by atoms with E-state index in [1.807, 2.05) is 6.07 Å². The first-order valence-corrected chi connectivity index (χ1v) is 3.77. The van der Waals surface area contributed by atoms with Gasteiger partial charge in [0.1, 0.15) is 0 Å². The maximum atomic E-state index is 10.8. The average molecular weight is 172 g/mol. The molecule has 3 nitrogen and oxygen atoms in total. The molecule has 1 aromatic heterocycles. The summed E-state index contributed by atoms with van der Waals surface area (Å²) < 4.78 is 0. The lowest BCUT2D eigenvalue weighted by molar-refractivity contribution is 0.0699. The molecule has 2 rings (SSSR count). The molecular formula is C10H6NO2. The molecule has 1 heterocycles. The normalized spacial score (nSPS) is 10.2. The van der Waals surface area contributed by atoms with Gasteiger partial charge in [-0.1, -0.05) is 12.1 Å². The van der Waals surface area contributed by atoms with Crippen LogP contribution in [0.3, 0.4) is 0 Å². The molecule has 0 amide bonds. The van der Waals surface area contributed by atoms with Crippen molar-refractivity contribution in [3.63, 3.8) is 0 Å². The summed E-state index contributed by atoms with van der Waals surface area (Å²) in [7, 11) is 0. The molecule has 1 radical (unpaired) electrons. The summed E-state index contributed by atoms with van der Waals surface area (Å²) >= 11 is 0. The number of carbonyl (C=O) groups is 1. The fourth-order valence-corrected chi connectivity index (χ4v) is 1.22. The monoisotopic (exact) mass is 172 g/mol. The van der Waals surface area contributed by atoms with Gasteiger partial charge < -0.3 is 5.11 Å². The molecule has 1 N–H and O–H groups in total. The van der Waals surface area contributed by atoms with Gasteiger partial charge >= 0.3 is 5.97 Å². The maximum absolute atomic E-state index is 10.8. The lowest BCUT2D eigenvalue weighted by atomic mass is 10.1. The van der Waals surface area contributed by atoms with E-state index in [9.17, 15) is 4.79 Å². The van der Waals surface area contributed by atoms with Crippen LogP contribution in [0.1, 0.15) is 10.4 Å². The van der Waals surface area contributed by atoms with Gasteiger partial charge in [-0.25, -0.2) is 4.79 Å². The van der Waals surface area contributed by atoms with Crippen LogP contribution in [0.25, 0.3) is 10.9 Å². The molecule has 0 aliphatic rings. The third-order valence-electron chi connectivity index (χ3n) is 1.80. The summed E-state index contributed by atoms with van der Waals surface area (Å²) in [6.45, 7) is 0. The molecule has 0 fully saturated rings. The summed E-state index contributed by atoms with van der Waals surface area (Å²) in [5.74, 6) is -0.954. The fourth-order valence-electron chi connectivity index (χ4n) is 1.22. The van der Waals surface area contributed by atoms with E-state index in [0.717, 1.165) is 5.39 Å². The number of carboxylic acid groups (broad SMARTS) is 1. The van der Waals surface area contributed by atoms with Crippen LogP contribution in [0.2, 0.25) is 0 Å². The molecule has 0 saturated heterocycles. The quantitative estimate of drug-likeness (QED) is 0.712. The van der Waals surface area contributed by atoms with Crippen LogP contribution in [-0.4, -0.2) is 16.1 Å². The number of pyridine rings is 1. The zero-order chi connectivity index (χ0) is 9.26. The Morgan fingerprint density at radius 3 is 3.08 bits per heavy atom. The van der Waals surface area contributed by atoms with Gasteiger partial charge in [0, 0.05) is 17.6 Å². The van der Waals surface area contributed by atoms with Crippen molar-refractivity contribution in [2.75, 3.05) is 0 Å². The van der Waals surface area contributed by atoms with Gasteiger partial charge in [0.2, 0.25) is 0 Å². The van der Waals surface area contributed by atoms with E-state index in [1.54, 1.807) is 12.1 Å². The topological polar surface area (TPSA) is 50.2 Å². The van der Waals surface area contributed by atoms with Crippen LogP contribution in [0.5, 0.6) is 0 Å². The second-order valence-electron chi connectivity index (χ2n) is 2.62. The second kappa shape index (κ2) is 2.86. The van der Waals surface area contributed by atoms with Gasteiger partial charge in [-0.05, 0) is 12.1 Å². The molecule has 0 aliphatic carbocycles. The number of aromatic carboxylic acids is 1. The number of hydrogen-bond acceptors (Lipinski definition) is 2. The molecule has 63 valence electrons. The minimum Gasteiger partial charge on any atom is -0.478 e. The third kappa shape index (κ3) is 1.24. The van der Waals surface area contributed by atoms with E-state index in [-0.39, 0.29) is 5.56 Å². The van der Waals surface area contributed by atoms with Crippen LogP contribution in [0.4, 0.5) is 0 Å². The Bertz CT molecular complexity index is 460. The number of carboxylic acids is 1. The van der Waals surface area contributed by atoms with Crippen molar-refractivity contribution in [2.24, 2.45) is 0 Å². The Morgan fingerprint density at radius 2 is 2.31 bits per heavy atom. The zero-order valence-corrected chi connectivity index (χ0v) is 6.69. The minimum absolute atomic E-state index is 0.228. The number of fused-ring (bicyclic) bond motifs is 1. The number of rotatable bonds is 1. The first-order chi connectivity index (χ1) is 6.29. The number of aromatic nitrogens is 1. The standard InChI is InChI=1S/C10H6NO2/c12-10(13)8-5-1-3-7-4-2-6-11-9(7)8/h1,3-6H,(H,12,13). The molecule has 0 saturated carbocycles. The van der Waals surface area contributed by atoms with Crippen LogP contribution in [0, 0.1) is 6.07 Å². The Hall–Kier alpha value is -1.90. The summed E-state index contributed by atoms with van der Waals surface area (Å²) in [4.78, 5) is 14.7. The predicted octanol–water partition coefficient (Wildman–Crippen LogP) is 1.73. The Kier molecular flexibility index (Phi) is 1.70. The van der Waals surface area contributed by atoms with Crippen LogP contribution >= 0.6 is 0 Å². The van der Waals surface area contributed by atoms with Gasteiger partial charge in [-0.3, -0.25) is 4.98 Å². The summed E-state index contributed by atoms with van der Waals surface area (Å²) in [5, 5.41) is 9.63. The zero-order valence-electron chi connectivity index (χ0n) is 6.69. The van der Waals surface area contributed by atoms with Crippen LogP contribution < -0.4 is 0 Å². The first kappa shape index (κ1) is 7.73. The van der Waals surface area contributed by atoms with Gasteiger partial charge in [0.15, 0.2) is 0 Å². The smallest absolute Gasteiger partial charge is 0.337 e. The maximum Gasteiger partial charge on any atom is 0.337 e. The van der Waals surface area contributed by atoms with Crippen molar-refractivity contribution in [1.29, 1.82) is 0 Å². The van der Waals surface area contributed by atoms with E-state index in [1.165, 1.54) is 12.3 Å². The van der Waals surface area contributed by atoms with E-state index in [2.05, 4.69) is 11.1 Å². The van der Waals surface area contributed by atoms with Gasteiger partial charge in [0.25, 0.3) is 0 Å². The van der Waals surface area contributed by atoms with E-state index < -0.39 is 5.97 Å². The highest BCUT2D eigenvalue weighted by Crippen LogP contribution is 2.14.